The van der Waals surface area contributed by atoms with Crippen LogP contribution in [0.25, 0.3) is 10.9 Å². The molecule has 9 heteroatoms. The molecule has 2 heterocycles. The van der Waals surface area contributed by atoms with Gasteiger partial charge in [-0.25, -0.2) is 12.8 Å². The average Bonchev–Trinajstić information content (AvgIpc) is 2.84. The standard InChI is InChI=1S/C25H21FN2O5S/c26-20-8-6-17(7-9-20)15-28(34(30,31)21-4-2-1-3-5-21)16-19-12-18-13-23-24(33-11-10-32-23)14-22(18)27-25(19)29/h1-9,12-14H,10-11,15-16H2,(H,27,29). The number of benzene rings is 3. The first-order valence-electron chi connectivity index (χ1n) is 10.7. The summed E-state index contributed by atoms with van der Waals surface area (Å²) in [4.78, 5) is 15.8. The van der Waals surface area contributed by atoms with Crippen LogP contribution >= 0.6 is 0 Å². The number of halogens is 1. The molecule has 0 spiro atoms. The Hall–Kier alpha value is -3.69. The highest BCUT2D eigenvalue weighted by Gasteiger charge is 2.26. The van der Waals surface area contributed by atoms with Crippen molar-refractivity contribution in [3.8, 4) is 11.5 Å². The molecule has 0 radical (unpaired) electrons. The van der Waals surface area contributed by atoms with Crippen molar-refractivity contribution in [2.45, 2.75) is 18.0 Å². The molecule has 0 amide bonds. The molecule has 0 bridgehead atoms. The van der Waals surface area contributed by atoms with Crippen molar-refractivity contribution in [2.24, 2.45) is 0 Å². The van der Waals surface area contributed by atoms with Gasteiger partial charge in [0.25, 0.3) is 5.56 Å². The zero-order valence-corrected chi connectivity index (χ0v) is 18.8. The average molecular weight is 481 g/mol. The highest BCUT2D eigenvalue weighted by molar-refractivity contribution is 7.89. The highest BCUT2D eigenvalue weighted by Crippen LogP contribution is 2.34. The van der Waals surface area contributed by atoms with Gasteiger partial charge in [0.05, 0.1) is 10.4 Å². The number of pyridine rings is 1. The summed E-state index contributed by atoms with van der Waals surface area (Å²) < 4.78 is 52.8. The molecule has 1 N–H and O–H groups in total. The third kappa shape index (κ3) is 4.40. The zero-order chi connectivity index (χ0) is 23.7. The Morgan fingerprint density at radius 2 is 1.56 bits per heavy atom. The summed E-state index contributed by atoms with van der Waals surface area (Å²) in [7, 11) is -3.95. The van der Waals surface area contributed by atoms with Gasteiger partial charge in [0.2, 0.25) is 10.0 Å². The lowest BCUT2D eigenvalue weighted by Crippen LogP contribution is -2.32. The molecule has 5 rings (SSSR count). The van der Waals surface area contributed by atoms with Crippen LogP contribution in [-0.2, 0) is 23.1 Å². The lowest BCUT2D eigenvalue weighted by Gasteiger charge is -2.23. The van der Waals surface area contributed by atoms with Crippen molar-refractivity contribution in [1.82, 2.24) is 9.29 Å². The van der Waals surface area contributed by atoms with Gasteiger partial charge < -0.3 is 14.5 Å². The van der Waals surface area contributed by atoms with Gasteiger partial charge in [0.1, 0.15) is 19.0 Å². The normalized spacial score (nSPS) is 13.4. The van der Waals surface area contributed by atoms with E-state index in [2.05, 4.69) is 4.98 Å². The van der Waals surface area contributed by atoms with E-state index >= 15 is 0 Å². The molecule has 34 heavy (non-hydrogen) atoms. The second kappa shape index (κ2) is 8.92. The highest BCUT2D eigenvalue weighted by atomic mass is 32.2. The number of nitrogens with one attached hydrogen (secondary N) is 1. The molecule has 0 saturated heterocycles. The molecule has 1 aliphatic heterocycles. The number of aromatic amines is 1. The van der Waals surface area contributed by atoms with Crippen LogP contribution in [0.15, 0.2) is 82.5 Å². The molecule has 0 unspecified atom stereocenters. The van der Waals surface area contributed by atoms with Crippen molar-refractivity contribution in [2.75, 3.05) is 13.2 Å². The van der Waals surface area contributed by atoms with Crippen LogP contribution in [0.1, 0.15) is 11.1 Å². The van der Waals surface area contributed by atoms with Gasteiger partial charge in [-0.15, -0.1) is 0 Å². The van der Waals surface area contributed by atoms with Crippen LogP contribution in [0, 0.1) is 5.82 Å². The number of sulfonamides is 1. The van der Waals surface area contributed by atoms with Crippen molar-refractivity contribution in [3.05, 3.63) is 100 Å². The maximum Gasteiger partial charge on any atom is 0.252 e. The van der Waals surface area contributed by atoms with Gasteiger partial charge in [-0.2, -0.15) is 4.31 Å². The Morgan fingerprint density at radius 3 is 2.26 bits per heavy atom. The zero-order valence-electron chi connectivity index (χ0n) is 18.0. The maximum atomic E-state index is 13.5. The quantitative estimate of drug-likeness (QED) is 0.453. The van der Waals surface area contributed by atoms with Gasteiger partial charge >= 0.3 is 0 Å². The van der Waals surface area contributed by atoms with Crippen LogP contribution in [0.5, 0.6) is 11.5 Å². The molecule has 7 nitrogen and oxygen atoms in total. The predicted octanol–water partition coefficient (Wildman–Crippen LogP) is 3.83. The molecule has 1 aromatic heterocycles. The minimum Gasteiger partial charge on any atom is -0.486 e. The molecule has 0 aliphatic carbocycles. The second-order valence-electron chi connectivity index (χ2n) is 7.92. The summed E-state index contributed by atoms with van der Waals surface area (Å²) in [6.07, 6.45) is 0. The fourth-order valence-corrected chi connectivity index (χ4v) is 5.28. The van der Waals surface area contributed by atoms with Crippen molar-refractivity contribution in [3.63, 3.8) is 0 Å². The molecule has 0 atom stereocenters. The molecule has 0 fully saturated rings. The van der Waals surface area contributed by atoms with E-state index in [1.165, 1.54) is 40.7 Å². The van der Waals surface area contributed by atoms with Crippen molar-refractivity contribution < 1.29 is 22.3 Å². The largest absolute Gasteiger partial charge is 0.486 e. The molecular formula is C25H21FN2O5S. The lowest BCUT2D eigenvalue weighted by atomic mass is 10.1. The van der Waals surface area contributed by atoms with Gasteiger partial charge in [-0.3, -0.25) is 4.79 Å². The van der Waals surface area contributed by atoms with Crippen LogP contribution in [0.2, 0.25) is 0 Å². The Bertz CT molecular complexity index is 1500. The van der Waals surface area contributed by atoms with E-state index in [0.717, 1.165) is 0 Å². The van der Waals surface area contributed by atoms with Gasteiger partial charge in [-0.1, -0.05) is 30.3 Å². The van der Waals surface area contributed by atoms with Crippen molar-refractivity contribution in [1.29, 1.82) is 0 Å². The number of H-pyrrole nitrogens is 1. The molecule has 0 saturated carbocycles. The number of hydrogen-bond acceptors (Lipinski definition) is 5. The third-order valence-electron chi connectivity index (χ3n) is 5.58. The SMILES string of the molecule is O=c1[nH]c2cc3c(cc2cc1CN(Cc1ccc(F)cc1)S(=O)(=O)c1ccccc1)OCCO3. The van der Waals surface area contributed by atoms with E-state index in [1.54, 1.807) is 36.4 Å². The number of rotatable bonds is 6. The summed E-state index contributed by atoms with van der Waals surface area (Å²) in [6, 6.07) is 18.7. The van der Waals surface area contributed by atoms with E-state index in [1.807, 2.05) is 0 Å². The van der Waals surface area contributed by atoms with Crippen LogP contribution < -0.4 is 15.0 Å². The molecule has 3 aromatic carbocycles. The molecule has 4 aromatic rings. The maximum absolute atomic E-state index is 13.5. The van der Waals surface area contributed by atoms with Crippen molar-refractivity contribution >= 4 is 20.9 Å². The number of aromatic nitrogens is 1. The molecule has 174 valence electrons. The van der Waals surface area contributed by atoms with Gasteiger partial charge in [0.15, 0.2) is 11.5 Å². The first-order valence-corrected chi connectivity index (χ1v) is 12.1. The summed E-state index contributed by atoms with van der Waals surface area (Å²) in [5.74, 6) is 0.699. The van der Waals surface area contributed by atoms with Crippen LogP contribution in [-0.4, -0.2) is 30.9 Å². The first kappa shape index (κ1) is 22.1. The molecular weight excluding hydrogens is 459 g/mol. The van der Waals surface area contributed by atoms with Crippen LogP contribution in [0.4, 0.5) is 4.39 Å². The topological polar surface area (TPSA) is 88.7 Å². The fraction of sp³-hybridized carbons (Fsp3) is 0.160. The number of hydrogen-bond donors (Lipinski definition) is 1. The minimum absolute atomic E-state index is 0.0316. The summed E-state index contributed by atoms with van der Waals surface area (Å²) in [5.41, 5.74) is 1.02. The van der Waals surface area contributed by atoms with E-state index in [4.69, 9.17) is 9.47 Å². The van der Waals surface area contributed by atoms with E-state index in [9.17, 15) is 17.6 Å². The Morgan fingerprint density at radius 1 is 0.882 bits per heavy atom. The number of fused-ring (bicyclic) bond motifs is 2. The predicted molar refractivity (Wildman–Crippen MR) is 125 cm³/mol. The monoisotopic (exact) mass is 480 g/mol. The summed E-state index contributed by atoms with van der Waals surface area (Å²) in [6.45, 7) is 0.649. The minimum atomic E-state index is -3.95. The smallest absolute Gasteiger partial charge is 0.252 e. The second-order valence-corrected chi connectivity index (χ2v) is 9.86. The van der Waals surface area contributed by atoms with E-state index in [0.29, 0.717) is 41.2 Å². The summed E-state index contributed by atoms with van der Waals surface area (Å²) in [5, 5.41) is 0.692. The number of nitrogens with zero attached hydrogens (tertiary/aromatic N) is 1. The third-order valence-corrected chi connectivity index (χ3v) is 7.39. The Kier molecular flexibility index (Phi) is 5.80. The fourth-order valence-electron chi connectivity index (χ4n) is 3.86. The summed E-state index contributed by atoms with van der Waals surface area (Å²) >= 11 is 0. The van der Waals surface area contributed by atoms with Gasteiger partial charge in [0, 0.05) is 30.1 Å². The van der Waals surface area contributed by atoms with Gasteiger partial charge in [-0.05, 0) is 42.0 Å². The van der Waals surface area contributed by atoms with E-state index < -0.39 is 21.4 Å². The Labute approximate surface area is 195 Å². The first-order chi connectivity index (χ1) is 16.4. The Balaban J connectivity index is 1.55. The van der Waals surface area contributed by atoms with Crippen LogP contribution in [0.3, 0.4) is 0 Å². The number of ether oxygens (including phenoxy) is 2. The lowest BCUT2D eigenvalue weighted by molar-refractivity contribution is 0.172. The van der Waals surface area contributed by atoms with E-state index in [-0.39, 0.29) is 23.5 Å². The molecule has 1 aliphatic rings.